The molecule has 12 heteroatoms. The molecule has 7 N–H and O–H groups in total. The van der Waals surface area contributed by atoms with Crippen LogP contribution in [0.3, 0.4) is 0 Å². The topological polar surface area (TPSA) is 175 Å². The molecule has 30 heavy (non-hydrogen) atoms. The van der Waals surface area contributed by atoms with E-state index in [-0.39, 0.29) is 17.8 Å². The van der Waals surface area contributed by atoms with E-state index in [1.54, 1.807) is 0 Å². The molecular formula is C18H27N3O7P2. The number of carbonyl (C=O) groups excluding carboxylic acids is 2. The lowest BCUT2D eigenvalue weighted by Crippen LogP contribution is -2.33. The molecule has 1 saturated heterocycles. The summed E-state index contributed by atoms with van der Waals surface area (Å²) in [7, 11) is 0.488. The van der Waals surface area contributed by atoms with Crippen molar-refractivity contribution in [2.24, 2.45) is 10.7 Å². The maximum absolute atomic E-state index is 11.3. The molecule has 1 rings (SSSR count). The van der Waals surface area contributed by atoms with E-state index in [1.165, 1.54) is 15.7 Å². The molecular weight excluding hydrogens is 432 g/mol. The molecule has 0 bridgehead atoms. The Labute approximate surface area is 179 Å². The molecule has 6 atom stereocenters. The van der Waals surface area contributed by atoms with Crippen LogP contribution in [-0.4, -0.2) is 62.3 Å². The Balaban J connectivity index is 0.00000407. The number of ether oxygens (including phenoxy) is 1. The molecule has 0 aromatic rings. The summed E-state index contributed by atoms with van der Waals surface area (Å²) in [6.45, 7) is 0. The number of carbonyl (C=O) groups is 2. The van der Waals surface area contributed by atoms with Crippen LogP contribution in [0.15, 0.2) is 16.8 Å². The van der Waals surface area contributed by atoms with Crippen molar-refractivity contribution in [1.29, 1.82) is 0 Å². The van der Waals surface area contributed by atoms with Gasteiger partial charge in [0.1, 0.15) is 18.0 Å². The minimum absolute atomic E-state index is 0.113. The van der Waals surface area contributed by atoms with Gasteiger partial charge in [0.05, 0.1) is 20.5 Å². The molecule has 10 nitrogen and oxygen atoms in total. The number of aliphatic imine (C=N–C) groups is 1. The first-order chi connectivity index (χ1) is 14.4. The predicted molar refractivity (Wildman–Crippen MR) is 117 cm³/mol. The van der Waals surface area contributed by atoms with E-state index >= 15 is 0 Å². The molecule has 0 aromatic carbocycles. The van der Waals surface area contributed by atoms with Crippen LogP contribution in [0.1, 0.15) is 32.1 Å². The Hall–Kier alpha value is -1.87. The normalized spacial score (nSPS) is 23.7. The second kappa shape index (κ2) is 16.9. The summed E-state index contributed by atoms with van der Waals surface area (Å²) in [6.07, 6.45) is 4.51. The summed E-state index contributed by atoms with van der Waals surface area (Å²) in [5.41, 5.74) is 5.59. The summed E-state index contributed by atoms with van der Waals surface area (Å²) in [5, 5.41) is 22.4. The quantitative estimate of drug-likeness (QED) is 0.0595. The van der Waals surface area contributed by atoms with Crippen molar-refractivity contribution in [3.05, 3.63) is 11.8 Å². The van der Waals surface area contributed by atoms with Crippen molar-refractivity contribution < 1.29 is 34.3 Å². The lowest BCUT2D eigenvalue weighted by atomic mass is 10.1. The van der Waals surface area contributed by atoms with Gasteiger partial charge in [-0.2, -0.15) is 0 Å². The number of terminal acetylenes is 1. The Morgan fingerprint density at radius 2 is 1.97 bits per heavy atom. The summed E-state index contributed by atoms with van der Waals surface area (Å²) in [5.74, 6) is 8.10. The van der Waals surface area contributed by atoms with Gasteiger partial charge >= 0.3 is 0 Å². The molecule has 0 aliphatic carbocycles. The van der Waals surface area contributed by atoms with Gasteiger partial charge < -0.3 is 35.8 Å². The zero-order valence-electron chi connectivity index (χ0n) is 16.2. The second-order valence-electron chi connectivity index (χ2n) is 5.86. The number of nitrogens with two attached hydrogens (primary N) is 1. The van der Waals surface area contributed by atoms with Crippen LogP contribution in [0.4, 0.5) is 0 Å². The largest absolute Gasteiger partial charge is 0.388 e. The Morgan fingerprint density at radius 3 is 2.57 bits per heavy atom. The van der Waals surface area contributed by atoms with Gasteiger partial charge in [0, 0.05) is 25.5 Å². The van der Waals surface area contributed by atoms with Crippen molar-refractivity contribution >= 4 is 36.0 Å². The number of hydrogen-bond acceptors (Lipinski definition) is 8. The number of nitrogens with zero attached hydrogens (tertiary/aromatic N) is 1. The molecule has 0 aromatic heterocycles. The van der Waals surface area contributed by atoms with E-state index in [9.17, 15) is 19.8 Å². The van der Waals surface area contributed by atoms with Gasteiger partial charge in [-0.05, 0) is 22.3 Å². The SMILES string of the molecule is C#CCCCCC#CC(=C/NC=O)/C(N)=N\C1OC(CC(=O)PO)C(O)C1O.OP. The predicted octanol–water partition coefficient (Wildman–Crippen LogP) is -1.11. The third-order valence-electron chi connectivity index (χ3n) is 3.78. The zero-order chi connectivity index (χ0) is 22.9. The molecule has 1 amide bonds. The fourth-order valence-corrected chi connectivity index (χ4v) is 2.62. The molecule has 0 spiro atoms. The van der Waals surface area contributed by atoms with Gasteiger partial charge in [0.2, 0.25) is 6.41 Å². The van der Waals surface area contributed by atoms with Gasteiger partial charge in [0.15, 0.2) is 11.8 Å². The van der Waals surface area contributed by atoms with Crippen molar-refractivity contribution in [2.45, 2.75) is 56.6 Å². The number of nitrogens with one attached hydrogen (secondary N) is 1. The minimum atomic E-state index is -1.41. The van der Waals surface area contributed by atoms with Crippen LogP contribution in [0.5, 0.6) is 0 Å². The highest BCUT2D eigenvalue weighted by Gasteiger charge is 2.43. The van der Waals surface area contributed by atoms with Crippen LogP contribution in [-0.2, 0) is 14.3 Å². The van der Waals surface area contributed by atoms with Crippen molar-refractivity contribution in [2.75, 3.05) is 0 Å². The molecule has 1 fully saturated rings. The third-order valence-corrected chi connectivity index (χ3v) is 4.24. The van der Waals surface area contributed by atoms with E-state index in [1.807, 2.05) is 0 Å². The lowest BCUT2D eigenvalue weighted by Gasteiger charge is -2.11. The third kappa shape index (κ3) is 10.2. The van der Waals surface area contributed by atoms with E-state index < -0.39 is 38.9 Å². The zero-order valence-corrected chi connectivity index (χ0v) is 18.3. The molecule has 1 aliphatic rings. The van der Waals surface area contributed by atoms with Crippen LogP contribution in [0, 0.1) is 24.2 Å². The number of hydrogen-bond donors (Lipinski definition) is 6. The van der Waals surface area contributed by atoms with Crippen LogP contribution in [0.25, 0.3) is 0 Å². The monoisotopic (exact) mass is 459 g/mol. The lowest BCUT2D eigenvalue weighted by molar-refractivity contribution is -0.115. The van der Waals surface area contributed by atoms with Crippen molar-refractivity contribution in [3.63, 3.8) is 0 Å². The number of aliphatic hydroxyl groups excluding tert-OH is 2. The maximum Gasteiger partial charge on any atom is 0.211 e. The molecule has 1 heterocycles. The minimum Gasteiger partial charge on any atom is -0.388 e. The van der Waals surface area contributed by atoms with Crippen LogP contribution in [0.2, 0.25) is 0 Å². The molecule has 1 aliphatic heterocycles. The summed E-state index contributed by atoms with van der Waals surface area (Å²) in [6, 6.07) is 0. The van der Waals surface area contributed by atoms with Crippen LogP contribution < -0.4 is 11.1 Å². The molecule has 6 unspecified atom stereocenters. The molecule has 0 saturated carbocycles. The van der Waals surface area contributed by atoms with Crippen LogP contribution >= 0.6 is 18.3 Å². The summed E-state index contributed by atoms with van der Waals surface area (Å²) >= 11 is 0. The highest BCUT2D eigenvalue weighted by atomic mass is 31.1. The molecule has 0 radical (unpaired) electrons. The van der Waals surface area contributed by atoms with E-state index in [4.69, 9.17) is 26.7 Å². The van der Waals surface area contributed by atoms with Gasteiger partial charge in [-0.1, -0.05) is 11.8 Å². The van der Waals surface area contributed by atoms with Crippen molar-refractivity contribution in [1.82, 2.24) is 5.32 Å². The average molecular weight is 459 g/mol. The Kier molecular flexibility index (Phi) is 15.8. The first kappa shape index (κ1) is 28.1. The number of rotatable bonds is 10. The fraction of sp³-hybridized carbons (Fsp3) is 0.500. The smallest absolute Gasteiger partial charge is 0.211 e. The highest BCUT2D eigenvalue weighted by Crippen LogP contribution is 2.26. The first-order valence-corrected chi connectivity index (χ1v) is 10.3. The summed E-state index contributed by atoms with van der Waals surface area (Å²) < 4.78 is 5.37. The average Bonchev–Trinajstić information content (AvgIpc) is 3.01. The van der Waals surface area contributed by atoms with Crippen molar-refractivity contribution in [3.8, 4) is 24.2 Å². The maximum atomic E-state index is 11.3. The number of unbranched alkanes of at least 4 members (excludes halogenated alkanes) is 3. The molecule has 166 valence electrons. The van der Waals surface area contributed by atoms with Gasteiger partial charge in [-0.15, -0.1) is 12.3 Å². The Bertz CT molecular complexity index is 713. The van der Waals surface area contributed by atoms with Gasteiger partial charge in [-0.3, -0.25) is 9.59 Å². The van der Waals surface area contributed by atoms with E-state index in [2.05, 4.69) is 28.1 Å². The first-order valence-electron chi connectivity index (χ1n) is 8.80. The standard InChI is InChI=1S/C18H24N3O6P.H3OP/c1-2-3-4-5-6-7-8-12(10-20-11-22)17(19)21-18-16(25)15(24)13(27-18)9-14(23)28-26;1-2/h1,10-11,13,15-16,18,24-26,28H,3-6,9H2,(H2,19,21)(H,20,22);1H,2H2/b12-10-;. The number of aliphatic hydroxyl groups is 2. The summed E-state index contributed by atoms with van der Waals surface area (Å²) in [4.78, 5) is 41.6. The Morgan fingerprint density at radius 1 is 1.30 bits per heavy atom. The van der Waals surface area contributed by atoms with E-state index in [0.717, 1.165) is 12.8 Å². The number of amides is 1. The highest BCUT2D eigenvalue weighted by molar-refractivity contribution is 7.52. The van der Waals surface area contributed by atoms with Gasteiger partial charge in [0.25, 0.3) is 0 Å². The van der Waals surface area contributed by atoms with E-state index in [0.29, 0.717) is 19.3 Å². The second-order valence-corrected chi connectivity index (χ2v) is 6.64. The van der Waals surface area contributed by atoms with Gasteiger partial charge in [-0.25, -0.2) is 4.99 Å². The number of amidine groups is 1. The fourth-order valence-electron chi connectivity index (χ4n) is 2.33.